The van der Waals surface area contributed by atoms with Crippen LogP contribution in [0.5, 0.6) is 0 Å². The molecule has 2 atom stereocenters. The highest BCUT2D eigenvalue weighted by Crippen LogP contribution is 2.54. The fourth-order valence-corrected chi connectivity index (χ4v) is 5.83. The van der Waals surface area contributed by atoms with Crippen molar-refractivity contribution < 1.29 is 18.3 Å². The minimum Gasteiger partial charge on any atom is -0.449 e. The normalized spacial score (nSPS) is 22.2. The molecule has 2 aliphatic heterocycles. The molecule has 6 heteroatoms. The molecule has 4 nitrogen and oxygen atoms in total. The number of carbonyl (C=O) groups excluding carboxylic acids is 1. The first-order valence-corrected chi connectivity index (χ1v) is 12.8. The summed E-state index contributed by atoms with van der Waals surface area (Å²) in [6.07, 6.45) is 3.46. The molecule has 2 heterocycles. The molecular weight excluding hydrogens is 470 g/mol. The average Bonchev–Trinajstić information content (AvgIpc) is 2.88. The average molecular weight is 503 g/mol. The Balaban J connectivity index is 1.67. The molecule has 0 spiro atoms. The highest BCUT2D eigenvalue weighted by molar-refractivity contribution is 5.87. The van der Waals surface area contributed by atoms with Gasteiger partial charge in [0.05, 0.1) is 6.61 Å². The van der Waals surface area contributed by atoms with E-state index in [4.69, 9.17) is 4.74 Å². The van der Waals surface area contributed by atoms with Crippen molar-refractivity contribution in [1.82, 2.24) is 0 Å². The van der Waals surface area contributed by atoms with E-state index in [2.05, 4.69) is 30.6 Å². The first-order valence-electron chi connectivity index (χ1n) is 12.8. The number of anilines is 2. The molecule has 0 fully saturated rings. The number of halogens is 2. The standard InChI is InChI=1S/C31H32F2N2O2/c1-4-5-18-37-29(36)34-25-19-26-28-27(20-25)31(3,22-8-12-24(33)13-9-22)15-17-35(28)16-14-30(26,2)21-6-10-23(32)11-7-21/h4,6-13,19-20H,1,5,14-18H2,2-3H3,(H,34,36)/t30-,31-/m0/s1. The Bertz CT molecular complexity index is 1240. The monoisotopic (exact) mass is 502 g/mol. The SMILES string of the molecule is C=CCCOC(=O)Nc1cc2c3c(c1)[C@](C)(c1ccc(F)cc1)CCN3CC[C@@]2(C)c1ccc(F)cc1. The van der Waals surface area contributed by atoms with Crippen molar-refractivity contribution >= 4 is 17.5 Å². The number of rotatable bonds is 6. The second-order valence-corrected chi connectivity index (χ2v) is 10.4. The molecule has 0 radical (unpaired) electrons. The minimum atomic E-state index is -0.524. The van der Waals surface area contributed by atoms with Gasteiger partial charge in [0.2, 0.25) is 0 Å². The summed E-state index contributed by atoms with van der Waals surface area (Å²) in [5, 5.41) is 2.93. The van der Waals surface area contributed by atoms with Gasteiger partial charge in [-0.3, -0.25) is 5.32 Å². The van der Waals surface area contributed by atoms with E-state index < -0.39 is 6.09 Å². The number of hydrogen-bond donors (Lipinski definition) is 1. The van der Waals surface area contributed by atoms with Gasteiger partial charge in [-0.15, -0.1) is 6.58 Å². The van der Waals surface area contributed by atoms with E-state index in [1.54, 1.807) is 6.08 Å². The molecule has 3 aromatic rings. The van der Waals surface area contributed by atoms with Crippen LogP contribution in [0.1, 0.15) is 55.4 Å². The maximum atomic E-state index is 13.8. The lowest BCUT2D eigenvalue weighted by atomic mass is 9.64. The molecule has 0 unspecified atom stereocenters. The van der Waals surface area contributed by atoms with Crippen molar-refractivity contribution in [2.24, 2.45) is 0 Å². The van der Waals surface area contributed by atoms with Crippen molar-refractivity contribution in [3.05, 3.63) is 107 Å². The molecule has 0 saturated carbocycles. The van der Waals surface area contributed by atoms with Crippen LogP contribution in [-0.4, -0.2) is 25.8 Å². The minimum absolute atomic E-state index is 0.251. The van der Waals surface area contributed by atoms with Crippen LogP contribution < -0.4 is 10.2 Å². The first kappa shape index (κ1) is 25.0. The van der Waals surface area contributed by atoms with E-state index in [1.165, 1.54) is 24.3 Å². The summed E-state index contributed by atoms with van der Waals surface area (Å²) >= 11 is 0. The zero-order valence-electron chi connectivity index (χ0n) is 21.3. The highest BCUT2D eigenvalue weighted by atomic mass is 19.1. The van der Waals surface area contributed by atoms with Crippen molar-refractivity contribution in [2.45, 2.75) is 43.9 Å². The van der Waals surface area contributed by atoms with Gasteiger partial charge in [-0.1, -0.05) is 44.2 Å². The van der Waals surface area contributed by atoms with Gasteiger partial charge in [0, 0.05) is 35.3 Å². The number of nitrogens with zero attached hydrogens (tertiary/aromatic N) is 1. The topological polar surface area (TPSA) is 41.6 Å². The Morgan fingerprint density at radius 2 is 1.43 bits per heavy atom. The summed E-state index contributed by atoms with van der Waals surface area (Å²) in [5.41, 5.74) is 5.21. The second kappa shape index (κ2) is 9.66. The summed E-state index contributed by atoms with van der Waals surface area (Å²) in [4.78, 5) is 15.0. The van der Waals surface area contributed by atoms with E-state index in [1.807, 2.05) is 36.4 Å². The molecule has 0 aliphatic carbocycles. The quantitative estimate of drug-likeness (QED) is 0.284. The Labute approximate surface area is 217 Å². The predicted molar refractivity (Wildman–Crippen MR) is 143 cm³/mol. The molecular formula is C31H32F2N2O2. The molecule has 2 aliphatic rings. The third-order valence-corrected chi connectivity index (χ3v) is 8.14. The van der Waals surface area contributed by atoms with Crippen molar-refractivity contribution in [3.8, 4) is 0 Å². The third-order valence-electron chi connectivity index (χ3n) is 8.14. The lowest BCUT2D eigenvalue weighted by Gasteiger charge is -2.50. The number of nitrogens with one attached hydrogen (secondary N) is 1. The van der Waals surface area contributed by atoms with E-state index in [0.717, 1.165) is 53.9 Å². The van der Waals surface area contributed by atoms with E-state index in [9.17, 15) is 13.6 Å². The fraction of sp³-hybridized carbons (Fsp3) is 0.323. The van der Waals surface area contributed by atoms with Crippen LogP contribution in [0.2, 0.25) is 0 Å². The summed E-state index contributed by atoms with van der Waals surface area (Å²) < 4.78 is 33.0. The van der Waals surface area contributed by atoms with Crippen LogP contribution in [0.4, 0.5) is 25.0 Å². The van der Waals surface area contributed by atoms with Crippen LogP contribution >= 0.6 is 0 Å². The summed E-state index contributed by atoms with van der Waals surface area (Å²) in [6.45, 7) is 10.0. The summed E-state index contributed by atoms with van der Waals surface area (Å²) in [6, 6.07) is 17.5. The zero-order valence-corrected chi connectivity index (χ0v) is 21.3. The van der Waals surface area contributed by atoms with E-state index >= 15 is 0 Å². The van der Waals surface area contributed by atoms with Gasteiger partial charge in [0.25, 0.3) is 0 Å². The Morgan fingerprint density at radius 1 is 0.946 bits per heavy atom. The maximum Gasteiger partial charge on any atom is 0.411 e. The first-order chi connectivity index (χ1) is 17.7. The van der Waals surface area contributed by atoms with Crippen LogP contribution in [0, 0.1) is 11.6 Å². The largest absolute Gasteiger partial charge is 0.449 e. The smallest absolute Gasteiger partial charge is 0.411 e. The molecule has 0 aromatic heterocycles. The number of hydrogen-bond acceptors (Lipinski definition) is 3. The van der Waals surface area contributed by atoms with Crippen LogP contribution in [0.25, 0.3) is 0 Å². The molecule has 1 amide bonds. The van der Waals surface area contributed by atoms with E-state index in [0.29, 0.717) is 12.1 Å². The van der Waals surface area contributed by atoms with Gasteiger partial charge in [-0.2, -0.15) is 0 Å². The Kier molecular flexibility index (Phi) is 6.52. The van der Waals surface area contributed by atoms with Crippen molar-refractivity contribution in [2.75, 3.05) is 29.9 Å². The molecule has 5 rings (SSSR count). The van der Waals surface area contributed by atoms with Crippen molar-refractivity contribution in [1.29, 1.82) is 0 Å². The van der Waals surface area contributed by atoms with Crippen LogP contribution in [0.3, 0.4) is 0 Å². The van der Waals surface area contributed by atoms with Gasteiger partial charge in [-0.05, 0) is 77.9 Å². The van der Waals surface area contributed by atoms with Gasteiger partial charge in [0.1, 0.15) is 11.6 Å². The lowest BCUT2D eigenvalue weighted by molar-refractivity contribution is 0.163. The number of carbonyl (C=O) groups is 1. The molecule has 192 valence electrons. The zero-order chi connectivity index (χ0) is 26.2. The molecule has 3 aromatic carbocycles. The Hall–Kier alpha value is -3.67. The summed E-state index contributed by atoms with van der Waals surface area (Å²) in [7, 11) is 0. The molecule has 0 saturated heterocycles. The van der Waals surface area contributed by atoms with E-state index in [-0.39, 0.29) is 29.1 Å². The lowest BCUT2D eigenvalue weighted by Crippen LogP contribution is -2.47. The van der Waals surface area contributed by atoms with Gasteiger partial charge < -0.3 is 9.64 Å². The molecule has 37 heavy (non-hydrogen) atoms. The van der Waals surface area contributed by atoms with Gasteiger partial charge in [0.15, 0.2) is 0 Å². The third kappa shape index (κ3) is 4.50. The van der Waals surface area contributed by atoms with Gasteiger partial charge in [-0.25, -0.2) is 13.6 Å². The van der Waals surface area contributed by atoms with Crippen molar-refractivity contribution in [3.63, 3.8) is 0 Å². The Morgan fingerprint density at radius 3 is 1.89 bits per heavy atom. The number of ether oxygens (including phenoxy) is 1. The van der Waals surface area contributed by atoms with Gasteiger partial charge >= 0.3 is 6.09 Å². The van der Waals surface area contributed by atoms with Crippen LogP contribution in [-0.2, 0) is 15.6 Å². The maximum absolute atomic E-state index is 13.8. The molecule has 1 N–H and O–H groups in total. The fourth-order valence-electron chi connectivity index (χ4n) is 5.83. The number of benzene rings is 3. The highest BCUT2D eigenvalue weighted by Gasteiger charge is 2.45. The van der Waals surface area contributed by atoms with Crippen LogP contribution in [0.15, 0.2) is 73.3 Å². The molecule has 0 bridgehead atoms. The summed E-state index contributed by atoms with van der Waals surface area (Å²) in [5.74, 6) is -0.540. The number of amides is 1. The second-order valence-electron chi connectivity index (χ2n) is 10.4. The predicted octanol–water partition coefficient (Wildman–Crippen LogP) is 7.32.